The van der Waals surface area contributed by atoms with Gasteiger partial charge in [-0.05, 0) is 32.1 Å². The topological polar surface area (TPSA) is 63.1 Å². The highest BCUT2D eigenvalue weighted by Gasteiger charge is 2.15. The lowest BCUT2D eigenvalue weighted by Gasteiger charge is -2.14. The number of hydrogen-bond acceptors (Lipinski definition) is 3. The first kappa shape index (κ1) is 9.02. The van der Waals surface area contributed by atoms with Crippen LogP contribution in [0.3, 0.4) is 0 Å². The first-order chi connectivity index (χ1) is 6.54. The molecule has 14 heavy (non-hydrogen) atoms. The number of nitrogens with two attached hydrogens (primary N) is 1. The molecule has 0 fully saturated rings. The average molecular weight is 188 g/mol. The normalized spacial score (nSPS) is 22.4. The van der Waals surface area contributed by atoms with Crippen molar-refractivity contribution < 1.29 is 0 Å². The average Bonchev–Trinajstić information content (AvgIpc) is 2.47. The van der Waals surface area contributed by atoms with Crippen LogP contribution >= 0.6 is 0 Å². The molecular formula is C10H12N4. The highest BCUT2D eigenvalue weighted by Crippen LogP contribution is 2.09. The SMILES string of the molecule is CC(C)(N)N=C1C=CC2=NC=CC2=N1. The van der Waals surface area contributed by atoms with E-state index in [1.807, 2.05) is 32.1 Å². The predicted octanol–water partition coefficient (Wildman–Crippen LogP) is 1.06. The number of amidine groups is 1. The minimum absolute atomic E-state index is 0.583. The molecule has 0 atom stereocenters. The Bertz CT molecular complexity index is 402. The van der Waals surface area contributed by atoms with Crippen LogP contribution in [0.2, 0.25) is 0 Å². The molecule has 2 rings (SSSR count). The van der Waals surface area contributed by atoms with E-state index >= 15 is 0 Å². The van der Waals surface area contributed by atoms with Crippen molar-refractivity contribution >= 4 is 17.3 Å². The fourth-order valence-corrected chi connectivity index (χ4v) is 1.23. The molecule has 4 heteroatoms. The summed E-state index contributed by atoms with van der Waals surface area (Å²) < 4.78 is 0. The first-order valence-electron chi connectivity index (χ1n) is 4.45. The highest BCUT2D eigenvalue weighted by atomic mass is 15.1. The van der Waals surface area contributed by atoms with Crippen LogP contribution in [-0.2, 0) is 0 Å². The Balaban J connectivity index is 2.32. The van der Waals surface area contributed by atoms with Crippen molar-refractivity contribution in [1.29, 1.82) is 0 Å². The lowest BCUT2D eigenvalue weighted by molar-refractivity contribution is 0.550. The molecule has 4 nitrogen and oxygen atoms in total. The third-order valence-corrected chi connectivity index (χ3v) is 1.74. The van der Waals surface area contributed by atoms with Crippen LogP contribution in [0.1, 0.15) is 13.8 Å². The molecule has 2 aliphatic heterocycles. The molecule has 0 saturated carbocycles. The van der Waals surface area contributed by atoms with Gasteiger partial charge in [-0.25, -0.2) is 9.98 Å². The molecule has 0 radical (unpaired) electrons. The largest absolute Gasteiger partial charge is 0.308 e. The zero-order valence-corrected chi connectivity index (χ0v) is 8.23. The monoisotopic (exact) mass is 188 g/mol. The summed E-state index contributed by atoms with van der Waals surface area (Å²) in [6.07, 6.45) is 7.31. The molecule has 2 heterocycles. The minimum atomic E-state index is -0.583. The van der Waals surface area contributed by atoms with Crippen molar-refractivity contribution in [3.8, 4) is 0 Å². The summed E-state index contributed by atoms with van der Waals surface area (Å²) in [6, 6.07) is 0. The molecule has 0 amide bonds. The van der Waals surface area contributed by atoms with Gasteiger partial charge in [0.25, 0.3) is 0 Å². The number of nitrogens with zero attached hydrogens (tertiary/aromatic N) is 3. The van der Waals surface area contributed by atoms with E-state index in [-0.39, 0.29) is 0 Å². The predicted molar refractivity (Wildman–Crippen MR) is 58.9 cm³/mol. The van der Waals surface area contributed by atoms with Crippen LogP contribution in [0.4, 0.5) is 0 Å². The van der Waals surface area contributed by atoms with Crippen molar-refractivity contribution in [1.82, 2.24) is 0 Å². The Morgan fingerprint density at radius 3 is 2.71 bits per heavy atom. The van der Waals surface area contributed by atoms with E-state index in [0.717, 1.165) is 11.4 Å². The summed E-state index contributed by atoms with van der Waals surface area (Å²) in [5.41, 5.74) is 6.93. The summed E-state index contributed by atoms with van der Waals surface area (Å²) in [4.78, 5) is 12.7. The van der Waals surface area contributed by atoms with Crippen molar-refractivity contribution in [2.75, 3.05) is 0 Å². The van der Waals surface area contributed by atoms with Crippen molar-refractivity contribution in [2.24, 2.45) is 20.7 Å². The Morgan fingerprint density at radius 1 is 1.21 bits per heavy atom. The summed E-state index contributed by atoms with van der Waals surface area (Å²) in [7, 11) is 0. The molecular weight excluding hydrogens is 176 g/mol. The molecule has 0 saturated heterocycles. The van der Waals surface area contributed by atoms with Gasteiger partial charge in [-0.15, -0.1) is 0 Å². The molecule has 0 aromatic rings. The third kappa shape index (κ3) is 1.85. The first-order valence-corrected chi connectivity index (χ1v) is 4.45. The van der Waals surface area contributed by atoms with Gasteiger partial charge in [0.05, 0.1) is 11.4 Å². The molecule has 0 aromatic carbocycles. The molecule has 72 valence electrons. The molecule has 0 aromatic heterocycles. The van der Waals surface area contributed by atoms with Gasteiger partial charge in [-0.2, -0.15) is 0 Å². The maximum absolute atomic E-state index is 5.76. The number of dihydropyridines is 1. The molecule has 0 aliphatic carbocycles. The van der Waals surface area contributed by atoms with Gasteiger partial charge in [-0.1, -0.05) is 0 Å². The van der Waals surface area contributed by atoms with E-state index < -0.39 is 5.66 Å². The molecule has 0 spiro atoms. The van der Waals surface area contributed by atoms with Gasteiger partial charge in [0.2, 0.25) is 0 Å². The van der Waals surface area contributed by atoms with Gasteiger partial charge in [-0.3, -0.25) is 4.99 Å². The second-order valence-electron chi connectivity index (χ2n) is 3.78. The van der Waals surface area contributed by atoms with E-state index in [1.54, 1.807) is 6.20 Å². The van der Waals surface area contributed by atoms with E-state index in [0.29, 0.717) is 5.84 Å². The van der Waals surface area contributed by atoms with Crippen LogP contribution in [-0.4, -0.2) is 22.9 Å². The molecule has 0 unspecified atom stereocenters. The smallest absolute Gasteiger partial charge is 0.149 e. The van der Waals surface area contributed by atoms with Crippen molar-refractivity contribution in [3.63, 3.8) is 0 Å². The van der Waals surface area contributed by atoms with Crippen molar-refractivity contribution in [3.05, 3.63) is 24.4 Å². The van der Waals surface area contributed by atoms with Gasteiger partial charge in [0.1, 0.15) is 11.5 Å². The number of allylic oxidation sites excluding steroid dienone is 2. The minimum Gasteiger partial charge on any atom is -0.308 e. The number of aliphatic imine (C=N–C) groups is 3. The second-order valence-corrected chi connectivity index (χ2v) is 3.78. The van der Waals surface area contributed by atoms with Gasteiger partial charge >= 0.3 is 0 Å². The van der Waals surface area contributed by atoms with Crippen LogP contribution in [0, 0.1) is 0 Å². The number of fused-ring (bicyclic) bond motifs is 1. The fraction of sp³-hybridized carbons (Fsp3) is 0.300. The van der Waals surface area contributed by atoms with Crippen molar-refractivity contribution in [2.45, 2.75) is 19.5 Å². The van der Waals surface area contributed by atoms with Crippen LogP contribution in [0.15, 0.2) is 39.4 Å². The van der Waals surface area contributed by atoms with Gasteiger partial charge in [0, 0.05) is 6.20 Å². The van der Waals surface area contributed by atoms with E-state index in [2.05, 4.69) is 15.0 Å². The lowest BCUT2D eigenvalue weighted by atomic mass is 10.2. The maximum atomic E-state index is 5.76. The second kappa shape index (κ2) is 2.99. The number of hydrogen-bond donors (Lipinski definition) is 1. The Labute approximate surface area is 82.7 Å². The van der Waals surface area contributed by atoms with E-state index in [4.69, 9.17) is 5.73 Å². The zero-order valence-electron chi connectivity index (χ0n) is 8.23. The standard InChI is InChI=1S/C10H12N4/c1-10(2,11)14-9-4-3-7-8(13-9)5-6-12-7/h3-6H,11H2,1-2H3. The van der Waals surface area contributed by atoms with E-state index in [1.165, 1.54) is 0 Å². The molecule has 2 N–H and O–H groups in total. The molecule has 0 bridgehead atoms. The summed E-state index contributed by atoms with van der Waals surface area (Å²) in [5.74, 6) is 0.651. The summed E-state index contributed by atoms with van der Waals surface area (Å²) >= 11 is 0. The van der Waals surface area contributed by atoms with Crippen LogP contribution < -0.4 is 5.73 Å². The van der Waals surface area contributed by atoms with Crippen LogP contribution in [0.5, 0.6) is 0 Å². The van der Waals surface area contributed by atoms with Gasteiger partial charge in [0.15, 0.2) is 0 Å². The highest BCUT2D eigenvalue weighted by molar-refractivity contribution is 6.54. The zero-order chi connectivity index (χ0) is 10.2. The maximum Gasteiger partial charge on any atom is 0.149 e. The molecule has 2 aliphatic rings. The quantitative estimate of drug-likeness (QED) is 0.657. The Hall–Kier alpha value is -1.55. The fourth-order valence-electron chi connectivity index (χ4n) is 1.23. The number of rotatable bonds is 1. The Morgan fingerprint density at radius 2 is 2.00 bits per heavy atom. The van der Waals surface area contributed by atoms with Gasteiger partial charge < -0.3 is 5.73 Å². The summed E-state index contributed by atoms with van der Waals surface area (Å²) in [6.45, 7) is 3.67. The third-order valence-electron chi connectivity index (χ3n) is 1.74. The Kier molecular flexibility index (Phi) is 1.93. The van der Waals surface area contributed by atoms with Crippen LogP contribution in [0.25, 0.3) is 0 Å². The lowest BCUT2D eigenvalue weighted by Crippen LogP contribution is -2.30. The summed E-state index contributed by atoms with van der Waals surface area (Å²) in [5, 5.41) is 0. The van der Waals surface area contributed by atoms with E-state index in [9.17, 15) is 0 Å².